The standard InChI is InChI=1S/C15H22N4O2/c1-5-10-8-13(19(2)18-10)15(17-16)12-9-11(20-3)6-7-14(12)21-4/h6-9,15,17H,5,16H2,1-4H3. The summed E-state index contributed by atoms with van der Waals surface area (Å²) in [5, 5.41) is 4.47. The van der Waals surface area contributed by atoms with Gasteiger partial charge in [-0.15, -0.1) is 0 Å². The molecule has 1 aromatic carbocycles. The smallest absolute Gasteiger partial charge is 0.124 e. The maximum Gasteiger partial charge on any atom is 0.124 e. The second-order valence-corrected chi connectivity index (χ2v) is 4.75. The highest BCUT2D eigenvalue weighted by Gasteiger charge is 2.21. The number of aromatic nitrogens is 2. The predicted molar refractivity (Wildman–Crippen MR) is 81.3 cm³/mol. The van der Waals surface area contributed by atoms with Gasteiger partial charge in [-0.2, -0.15) is 5.10 Å². The lowest BCUT2D eigenvalue weighted by Crippen LogP contribution is -2.30. The van der Waals surface area contributed by atoms with E-state index in [0.717, 1.165) is 34.9 Å². The summed E-state index contributed by atoms with van der Waals surface area (Å²) in [6.07, 6.45) is 0.875. The molecule has 1 unspecified atom stereocenters. The van der Waals surface area contributed by atoms with E-state index in [0.29, 0.717) is 0 Å². The number of rotatable bonds is 6. The van der Waals surface area contributed by atoms with Crippen LogP contribution in [-0.2, 0) is 13.5 Å². The van der Waals surface area contributed by atoms with E-state index in [1.165, 1.54) is 0 Å². The van der Waals surface area contributed by atoms with Crippen molar-refractivity contribution < 1.29 is 9.47 Å². The van der Waals surface area contributed by atoms with E-state index >= 15 is 0 Å². The van der Waals surface area contributed by atoms with Crippen LogP contribution in [0.25, 0.3) is 0 Å². The Kier molecular flexibility index (Phi) is 4.82. The Morgan fingerprint density at radius 2 is 2.05 bits per heavy atom. The highest BCUT2D eigenvalue weighted by Crippen LogP contribution is 2.32. The lowest BCUT2D eigenvalue weighted by Gasteiger charge is -2.20. The van der Waals surface area contributed by atoms with Crippen LogP contribution >= 0.6 is 0 Å². The van der Waals surface area contributed by atoms with Crippen LogP contribution in [-0.4, -0.2) is 24.0 Å². The zero-order valence-corrected chi connectivity index (χ0v) is 12.9. The number of methoxy groups -OCH3 is 2. The number of aryl methyl sites for hydroxylation is 2. The zero-order valence-electron chi connectivity index (χ0n) is 12.9. The fraction of sp³-hybridized carbons (Fsp3) is 0.400. The Labute approximate surface area is 124 Å². The van der Waals surface area contributed by atoms with E-state index in [1.54, 1.807) is 14.2 Å². The summed E-state index contributed by atoms with van der Waals surface area (Å²) in [5.41, 5.74) is 5.75. The molecule has 0 aliphatic carbocycles. The maximum atomic E-state index is 5.78. The highest BCUT2D eigenvalue weighted by molar-refractivity contribution is 5.45. The van der Waals surface area contributed by atoms with Gasteiger partial charge in [0.25, 0.3) is 0 Å². The van der Waals surface area contributed by atoms with E-state index in [4.69, 9.17) is 15.3 Å². The van der Waals surface area contributed by atoms with Crippen molar-refractivity contribution in [3.8, 4) is 11.5 Å². The van der Waals surface area contributed by atoms with Gasteiger partial charge in [-0.05, 0) is 30.7 Å². The van der Waals surface area contributed by atoms with Crippen LogP contribution in [0.4, 0.5) is 0 Å². The first-order chi connectivity index (χ1) is 10.1. The molecule has 0 radical (unpaired) electrons. The number of hydrazine groups is 1. The fourth-order valence-electron chi connectivity index (χ4n) is 2.39. The van der Waals surface area contributed by atoms with E-state index in [1.807, 2.05) is 36.0 Å². The summed E-state index contributed by atoms with van der Waals surface area (Å²) in [6.45, 7) is 2.07. The second-order valence-electron chi connectivity index (χ2n) is 4.75. The molecule has 2 aromatic rings. The quantitative estimate of drug-likeness (QED) is 0.624. The topological polar surface area (TPSA) is 74.3 Å². The zero-order chi connectivity index (χ0) is 15.4. The van der Waals surface area contributed by atoms with Crippen LogP contribution in [0.3, 0.4) is 0 Å². The number of hydrogen-bond acceptors (Lipinski definition) is 5. The first-order valence-electron chi connectivity index (χ1n) is 6.85. The minimum absolute atomic E-state index is 0.229. The molecule has 3 N–H and O–H groups in total. The summed E-state index contributed by atoms with van der Waals surface area (Å²) in [7, 11) is 5.18. The van der Waals surface area contributed by atoms with Crippen LogP contribution in [0.15, 0.2) is 24.3 Å². The summed E-state index contributed by atoms with van der Waals surface area (Å²) >= 11 is 0. The fourth-order valence-corrected chi connectivity index (χ4v) is 2.39. The van der Waals surface area contributed by atoms with Gasteiger partial charge >= 0.3 is 0 Å². The van der Waals surface area contributed by atoms with Gasteiger partial charge in [0.15, 0.2) is 0 Å². The summed E-state index contributed by atoms with van der Waals surface area (Å²) in [5.74, 6) is 7.29. The average molecular weight is 290 g/mol. The first kappa shape index (κ1) is 15.3. The van der Waals surface area contributed by atoms with Crippen molar-refractivity contribution in [1.82, 2.24) is 15.2 Å². The van der Waals surface area contributed by atoms with Gasteiger partial charge in [0.2, 0.25) is 0 Å². The van der Waals surface area contributed by atoms with Gasteiger partial charge in [-0.3, -0.25) is 10.5 Å². The Morgan fingerprint density at radius 1 is 1.29 bits per heavy atom. The van der Waals surface area contributed by atoms with Crippen molar-refractivity contribution in [3.05, 3.63) is 41.2 Å². The van der Waals surface area contributed by atoms with Gasteiger partial charge in [-0.1, -0.05) is 6.92 Å². The third-order valence-corrected chi connectivity index (χ3v) is 3.54. The van der Waals surface area contributed by atoms with E-state index in [-0.39, 0.29) is 6.04 Å². The van der Waals surface area contributed by atoms with E-state index in [2.05, 4.69) is 17.4 Å². The van der Waals surface area contributed by atoms with Gasteiger partial charge in [0.05, 0.1) is 31.6 Å². The summed E-state index contributed by atoms with van der Waals surface area (Å²) in [6, 6.07) is 7.46. The SMILES string of the molecule is CCc1cc(C(NN)c2cc(OC)ccc2OC)n(C)n1. The van der Waals surface area contributed by atoms with Crippen LogP contribution in [0.5, 0.6) is 11.5 Å². The number of nitrogens with two attached hydrogens (primary N) is 1. The number of hydrogen-bond donors (Lipinski definition) is 2. The molecule has 114 valence electrons. The molecule has 2 rings (SSSR count). The Morgan fingerprint density at radius 3 is 2.57 bits per heavy atom. The predicted octanol–water partition coefficient (Wildman–Crippen LogP) is 1.55. The molecular formula is C15H22N4O2. The molecule has 0 aliphatic heterocycles. The van der Waals surface area contributed by atoms with Gasteiger partial charge < -0.3 is 9.47 Å². The summed E-state index contributed by atoms with van der Waals surface area (Å²) in [4.78, 5) is 0. The number of benzene rings is 1. The first-order valence-corrected chi connectivity index (χ1v) is 6.85. The molecule has 6 nitrogen and oxygen atoms in total. The minimum atomic E-state index is -0.229. The Bertz CT molecular complexity index is 610. The second kappa shape index (κ2) is 6.60. The van der Waals surface area contributed by atoms with Gasteiger partial charge in [0.1, 0.15) is 11.5 Å². The maximum absolute atomic E-state index is 5.78. The van der Waals surface area contributed by atoms with Gasteiger partial charge in [0, 0.05) is 12.6 Å². The molecule has 21 heavy (non-hydrogen) atoms. The molecule has 6 heteroatoms. The lowest BCUT2D eigenvalue weighted by atomic mass is 10.0. The molecule has 0 spiro atoms. The number of ether oxygens (including phenoxy) is 2. The van der Waals surface area contributed by atoms with Crippen molar-refractivity contribution in [2.45, 2.75) is 19.4 Å². The third-order valence-electron chi connectivity index (χ3n) is 3.54. The molecule has 0 bridgehead atoms. The monoisotopic (exact) mass is 290 g/mol. The van der Waals surface area contributed by atoms with Crippen molar-refractivity contribution in [2.75, 3.05) is 14.2 Å². The molecule has 0 saturated heterocycles. The largest absolute Gasteiger partial charge is 0.497 e. The number of nitrogens with zero attached hydrogens (tertiary/aromatic N) is 2. The molecule has 1 atom stereocenters. The van der Waals surface area contributed by atoms with Crippen LogP contribution in [0.1, 0.15) is 29.9 Å². The Hall–Kier alpha value is -2.05. The van der Waals surface area contributed by atoms with Crippen LogP contribution < -0.4 is 20.7 Å². The van der Waals surface area contributed by atoms with Crippen molar-refractivity contribution in [1.29, 1.82) is 0 Å². The third kappa shape index (κ3) is 3.01. The summed E-state index contributed by atoms with van der Waals surface area (Å²) < 4.78 is 12.6. The van der Waals surface area contributed by atoms with Crippen molar-refractivity contribution in [2.24, 2.45) is 12.9 Å². The molecule has 0 fully saturated rings. The van der Waals surface area contributed by atoms with E-state index < -0.39 is 0 Å². The molecular weight excluding hydrogens is 268 g/mol. The molecule has 0 amide bonds. The van der Waals surface area contributed by atoms with Crippen molar-refractivity contribution >= 4 is 0 Å². The van der Waals surface area contributed by atoms with Crippen molar-refractivity contribution in [3.63, 3.8) is 0 Å². The molecule has 1 aromatic heterocycles. The molecule has 0 saturated carbocycles. The molecule has 1 heterocycles. The molecule has 0 aliphatic rings. The lowest BCUT2D eigenvalue weighted by molar-refractivity contribution is 0.392. The average Bonchev–Trinajstić information content (AvgIpc) is 2.89. The number of nitrogens with one attached hydrogen (secondary N) is 1. The highest BCUT2D eigenvalue weighted by atomic mass is 16.5. The van der Waals surface area contributed by atoms with E-state index in [9.17, 15) is 0 Å². The normalized spacial score (nSPS) is 12.2. The minimum Gasteiger partial charge on any atom is -0.497 e. The van der Waals surface area contributed by atoms with Gasteiger partial charge in [-0.25, -0.2) is 5.43 Å². The van der Waals surface area contributed by atoms with Crippen LogP contribution in [0.2, 0.25) is 0 Å². The Balaban J connectivity index is 2.51. The van der Waals surface area contributed by atoms with Crippen LogP contribution in [0, 0.1) is 0 Å².